The molecule has 3 heterocycles. The molecule has 0 amide bonds. The summed E-state index contributed by atoms with van der Waals surface area (Å²) in [5.41, 5.74) is 1.38. The van der Waals surface area contributed by atoms with Crippen LogP contribution in [0.2, 0.25) is 0 Å². The molecule has 1 aromatic carbocycles. The van der Waals surface area contributed by atoms with Crippen LogP contribution in [0.15, 0.2) is 58.1 Å². The zero-order valence-corrected chi connectivity index (χ0v) is 20.5. The van der Waals surface area contributed by atoms with E-state index in [-0.39, 0.29) is 24.0 Å². The van der Waals surface area contributed by atoms with Crippen molar-refractivity contribution in [2.75, 3.05) is 39.4 Å². The lowest BCUT2D eigenvalue weighted by atomic mass is 10.0. The third kappa shape index (κ3) is 8.12. The van der Waals surface area contributed by atoms with Crippen LogP contribution in [-0.2, 0) is 17.7 Å². The summed E-state index contributed by atoms with van der Waals surface area (Å²) in [6.07, 6.45) is 6.08. The van der Waals surface area contributed by atoms with Crippen molar-refractivity contribution in [3.05, 3.63) is 60.1 Å². The predicted octanol–water partition coefficient (Wildman–Crippen LogP) is 3.68. The zero-order chi connectivity index (χ0) is 20.4. The van der Waals surface area contributed by atoms with Gasteiger partial charge in [-0.05, 0) is 43.5 Å². The van der Waals surface area contributed by atoms with Gasteiger partial charge < -0.3 is 19.8 Å². The van der Waals surface area contributed by atoms with Crippen molar-refractivity contribution in [2.24, 2.45) is 10.9 Å². The van der Waals surface area contributed by atoms with Crippen LogP contribution in [0.5, 0.6) is 0 Å². The van der Waals surface area contributed by atoms with Gasteiger partial charge in [0.05, 0.1) is 12.9 Å². The van der Waals surface area contributed by atoms with E-state index >= 15 is 0 Å². The maximum atomic E-state index is 5.51. The number of nitrogens with one attached hydrogen (secondary N) is 2. The Bertz CT molecular complexity index is 763. The van der Waals surface area contributed by atoms with Gasteiger partial charge in [0.25, 0.3) is 0 Å². The number of hydrogen-bond acceptors (Lipinski definition) is 4. The molecule has 2 saturated heterocycles. The lowest BCUT2D eigenvalue weighted by molar-refractivity contribution is 0.186. The van der Waals surface area contributed by atoms with Crippen molar-refractivity contribution in [2.45, 2.75) is 38.3 Å². The van der Waals surface area contributed by atoms with Crippen molar-refractivity contribution >= 4 is 29.9 Å². The standard InChI is InChI=1S/C24H34N4O2.HI/c1-2-6-20(7-3-1)17-28-13-4-8-22(18-28)27-24(26-16-21-11-15-29-19-21)25-12-10-23-9-5-14-30-23;/h1-3,5-7,9,14,21-22H,4,8,10-13,15-19H2,(H2,25,26,27);1H. The molecule has 31 heavy (non-hydrogen) atoms. The maximum absolute atomic E-state index is 5.51. The maximum Gasteiger partial charge on any atom is 0.191 e. The number of halogens is 1. The summed E-state index contributed by atoms with van der Waals surface area (Å²) in [5.74, 6) is 2.45. The minimum Gasteiger partial charge on any atom is -0.469 e. The first kappa shape index (κ1) is 24.1. The fourth-order valence-corrected chi connectivity index (χ4v) is 4.21. The molecule has 0 bridgehead atoms. The van der Waals surface area contributed by atoms with E-state index in [9.17, 15) is 0 Å². The molecule has 0 aliphatic carbocycles. The quantitative estimate of drug-likeness (QED) is 0.305. The molecule has 2 aromatic rings. The summed E-state index contributed by atoms with van der Waals surface area (Å²) < 4.78 is 11.0. The smallest absolute Gasteiger partial charge is 0.191 e. The first-order valence-corrected chi connectivity index (χ1v) is 11.3. The molecule has 2 fully saturated rings. The van der Waals surface area contributed by atoms with Crippen LogP contribution in [0.1, 0.15) is 30.6 Å². The molecule has 0 saturated carbocycles. The molecule has 0 radical (unpaired) electrons. The van der Waals surface area contributed by atoms with Gasteiger partial charge in [-0.2, -0.15) is 0 Å². The monoisotopic (exact) mass is 538 g/mol. The van der Waals surface area contributed by atoms with Gasteiger partial charge in [0.15, 0.2) is 5.96 Å². The Kier molecular flexibility index (Phi) is 10.2. The number of furan rings is 1. The summed E-state index contributed by atoms with van der Waals surface area (Å²) in [7, 11) is 0. The second-order valence-electron chi connectivity index (χ2n) is 8.38. The third-order valence-corrected chi connectivity index (χ3v) is 5.87. The second-order valence-corrected chi connectivity index (χ2v) is 8.38. The van der Waals surface area contributed by atoms with Crippen molar-refractivity contribution in [3.63, 3.8) is 0 Å². The molecule has 1 aromatic heterocycles. The third-order valence-electron chi connectivity index (χ3n) is 5.87. The number of rotatable bonds is 8. The average Bonchev–Trinajstić information content (AvgIpc) is 3.47. The van der Waals surface area contributed by atoms with Gasteiger partial charge in [-0.1, -0.05) is 30.3 Å². The van der Waals surface area contributed by atoms with Gasteiger partial charge in [-0.3, -0.25) is 9.89 Å². The minimum atomic E-state index is 0. The first-order chi connectivity index (χ1) is 14.8. The van der Waals surface area contributed by atoms with Crippen LogP contribution < -0.4 is 10.6 Å². The van der Waals surface area contributed by atoms with Gasteiger partial charge >= 0.3 is 0 Å². The van der Waals surface area contributed by atoms with E-state index in [2.05, 4.69) is 45.9 Å². The van der Waals surface area contributed by atoms with Crippen LogP contribution in [-0.4, -0.2) is 56.3 Å². The number of piperidine rings is 1. The Morgan fingerprint density at radius 2 is 2.03 bits per heavy atom. The Balaban J connectivity index is 0.00000272. The molecule has 0 spiro atoms. The number of benzene rings is 1. The summed E-state index contributed by atoms with van der Waals surface area (Å²) in [6, 6.07) is 15.1. The molecule has 2 atom stereocenters. The van der Waals surface area contributed by atoms with E-state index in [4.69, 9.17) is 14.1 Å². The molecule has 170 valence electrons. The number of aliphatic imine (C=N–C) groups is 1. The van der Waals surface area contributed by atoms with Gasteiger partial charge in [-0.25, -0.2) is 0 Å². The lowest BCUT2D eigenvalue weighted by Crippen LogP contribution is -2.51. The normalized spacial score (nSPS) is 22.1. The fourth-order valence-electron chi connectivity index (χ4n) is 4.21. The molecule has 2 aliphatic heterocycles. The Morgan fingerprint density at radius 3 is 2.81 bits per heavy atom. The predicted molar refractivity (Wildman–Crippen MR) is 135 cm³/mol. The van der Waals surface area contributed by atoms with Crippen molar-refractivity contribution < 1.29 is 9.15 Å². The minimum absolute atomic E-state index is 0. The Labute approximate surface area is 202 Å². The van der Waals surface area contributed by atoms with Gasteiger partial charge in [0, 0.05) is 51.2 Å². The van der Waals surface area contributed by atoms with E-state index in [1.807, 2.05) is 12.1 Å². The van der Waals surface area contributed by atoms with Crippen LogP contribution in [0.25, 0.3) is 0 Å². The summed E-state index contributed by atoms with van der Waals surface area (Å²) in [4.78, 5) is 7.44. The highest BCUT2D eigenvalue weighted by Gasteiger charge is 2.21. The van der Waals surface area contributed by atoms with Crippen LogP contribution in [0, 0.1) is 5.92 Å². The molecule has 2 N–H and O–H groups in total. The first-order valence-electron chi connectivity index (χ1n) is 11.3. The van der Waals surface area contributed by atoms with Crippen molar-refractivity contribution in [3.8, 4) is 0 Å². The molecule has 7 heteroatoms. The van der Waals surface area contributed by atoms with Crippen LogP contribution in [0.4, 0.5) is 0 Å². The number of guanidine groups is 1. The topological polar surface area (TPSA) is 62.0 Å². The molecular formula is C24H35IN4O2. The molecule has 2 unspecified atom stereocenters. The van der Waals surface area contributed by atoms with E-state index < -0.39 is 0 Å². The molecule has 6 nitrogen and oxygen atoms in total. The summed E-state index contributed by atoms with van der Waals surface area (Å²) in [6.45, 7) is 6.53. The highest BCUT2D eigenvalue weighted by Crippen LogP contribution is 2.15. The van der Waals surface area contributed by atoms with Crippen LogP contribution in [0.3, 0.4) is 0 Å². The lowest BCUT2D eigenvalue weighted by Gasteiger charge is -2.34. The highest BCUT2D eigenvalue weighted by molar-refractivity contribution is 14.0. The number of ether oxygens (including phenoxy) is 1. The van der Waals surface area contributed by atoms with E-state index in [0.29, 0.717) is 12.0 Å². The van der Waals surface area contributed by atoms with E-state index in [0.717, 1.165) is 70.5 Å². The summed E-state index contributed by atoms with van der Waals surface area (Å²) >= 11 is 0. The van der Waals surface area contributed by atoms with E-state index in [1.54, 1.807) is 6.26 Å². The molecule has 2 aliphatic rings. The van der Waals surface area contributed by atoms with Gasteiger partial charge in [-0.15, -0.1) is 24.0 Å². The average molecular weight is 538 g/mol. The number of nitrogens with zero attached hydrogens (tertiary/aromatic N) is 2. The number of hydrogen-bond donors (Lipinski definition) is 2. The highest BCUT2D eigenvalue weighted by atomic mass is 127. The largest absolute Gasteiger partial charge is 0.469 e. The van der Waals surface area contributed by atoms with Crippen molar-refractivity contribution in [1.29, 1.82) is 0 Å². The van der Waals surface area contributed by atoms with Gasteiger partial charge in [0.2, 0.25) is 0 Å². The second kappa shape index (κ2) is 13.1. The SMILES string of the molecule is I.c1ccc(CN2CCCC(NC(=NCC3CCOC3)NCCc3ccco3)C2)cc1. The fraction of sp³-hybridized carbons (Fsp3) is 0.542. The zero-order valence-electron chi connectivity index (χ0n) is 18.2. The number of likely N-dealkylation sites (tertiary alicyclic amines) is 1. The molecule has 4 rings (SSSR count). The van der Waals surface area contributed by atoms with Gasteiger partial charge in [0.1, 0.15) is 5.76 Å². The Morgan fingerprint density at radius 1 is 1.13 bits per heavy atom. The van der Waals surface area contributed by atoms with Crippen LogP contribution >= 0.6 is 24.0 Å². The van der Waals surface area contributed by atoms with Crippen molar-refractivity contribution in [1.82, 2.24) is 15.5 Å². The Hall–Kier alpha value is -1.58. The van der Waals surface area contributed by atoms with E-state index in [1.165, 1.54) is 18.4 Å². The molecular weight excluding hydrogens is 503 g/mol. The summed E-state index contributed by atoms with van der Waals surface area (Å²) in [5, 5.41) is 7.21.